The van der Waals surface area contributed by atoms with Gasteiger partial charge in [0.25, 0.3) is 0 Å². The molecule has 0 aliphatic heterocycles. The van der Waals surface area contributed by atoms with Crippen LogP contribution in [0.15, 0.2) is 24.8 Å². The highest BCUT2D eigenvalue weighted by Crippen LogP contribution is 2.05. The molecule has 0 spiro atoms. The summed E-state index contributed by atoms with van der Waals surface area (Å²) in [5.41, 5.74) is -0.151. The fourth-order valence-electron chi connectivity index (χ4n) is 1.13. The van der Waals surface area contributed by atoms with Gasteiger partial charge in [0.05, 0.1) is 12.4 Å². The van der Waals surface area contributed by atoms with Crippen molar-refractivity contribution < 1.29 is 9.90 Å². The second kappa shape index (κ2) is 3.78. The first kappa shape index (κ1) is 9.79. The Balaban J connectivity index is 2.43. The molecule has 0 unspecified atom stereocenters. The van der Waals surface area contributed by atoms with Gasteiger partial charge in [0, 0.05) is 12.4 Å². The Kier molecular flexibility index (Phi) is 2.31. The van der Waals surface area contributed by atoms with Gasteiger partial charge in [-0.15, -0.1) is 0 Å². The second-order valence-corrected chi connectivity index (χ2v) is 2.80. The number of carbonyl (C=O) groups is 1. The number of carboxylic acid groups (broad SMARTS) is 1. The van der Waals surface area contributed by atoms with Crippen LogP contribution in [0.3, 0.4) is 0 Å². The Bertz CT molecular complexity index is 566. The molecule has 0 fully saturated rings. The first-order valence-electron chi connectivity index (χ1n) is 4.21. The Morgan fingerprint density at radius 1 is 1.38 bits per heavy atom. The molecule has 0 amide bonds. The number of carboxylic acids is 1. The van der Waals surface area contributed by atoms with Crippen LogP contribution in [0.1, 0.15) is 16.3 Å². The van der Waals surface area contributed by atoms with E-state index in [2.05, 4.69) is 15.0 Å². The molecule has 0 aromatic carbocycles. The smallest absolute Gasteiger partial charge is 0.356 e. The predicted molar refractivity (Wildman–Crippen MR) is 50.8 cm³/mol. The van der Waals surface area contributed by atoms with Gasteiger partial charge in [-0.2, -0.15) is 5.26 Å². The highest BCUT2D eigenvalue weighted by Gasteiger charge is 2.08. The maximum Gasteiger partial charge on any atom is 0.356 e. The van der Waals surface area contributed by atoms with Crippen LogP contribution in [0.25, 0.3) is 5.82 Å². The largest absolute Gasteiger partial charge is 0.476 e. The number of nitrogens with zero attached hydrogens (tertiary/aromatic N) is 5. The Morgan fingerprint density at radius 2 is 2.19 bits per heavy atom. The molecule has 7 heteroatoms. The maximum atomic E-state index is 10.5. The zero-order valence-electron chi connectivity index (χ0n) is 7.90. The zero-order valence-corrected chi connectivity index (χ0v) is 7.90. The van der Waals surface area contributed by atoms with Gasteiger partial charge in [-0.25, -0.2) is 19.7 Å². The topological polar surface area (TPSA) is 105 Å². The lowest BCUT2D eigenvalue weighted by atomic mass is 10.4. The van der Waals surface area contributed by atoms with Crippen molar-refractivity contribution in [2.24, 2.45) is 0 Å². The van der Waals surface area contributed by atoms with E-state index in [0.29, 0.717) is 5.82 Å². The normalized spacial score (nSPS) is 9.69. The average Bonchev–Trinajstić information content (AvgIpc) is 2.77. The van der Waals surface area contributed by atoms with E-state index in [1.807, 2.05) is 6.07 Å². The van der Waals surface area contributed by atoms with Crippen molar-refractivity contribution in [3.05, 3.63) is 36.3 Å². The summed E-state index contributed by atoms with van der Waals surface area (Å²) < 4.78 is 1.42. The maximum absolute atomic E-state index is 10.5. The van der Waals surface area contributed by atoms with Gasteiger partial charge in [0.2, 0.25) is 5.82 Å². The summed E-state index contributed by atoms with van der Waals surface area (Å²) in [6, 6.07) is 1.88. The summed E-state index contributed by atoms with van der Waals surface area (Å²) in [7, 11) is 0. The summed E-state index contributed by atoms with van der Waals surface area (Å²) in [5.74, 6) is -0.637. The van der Waals surface area contributed by atoms with Crippen molar-refractivity contribution in [1.82, 2.24) is 19.5 Å². The number of nitriles is 1. The van der Waals surface area contributed by atoms with Gasteiger partial charge in [-0.1, -0.05) is 0 Å². The summed E-state index contributed by atoms with van der Waals surface area (Å²) in [6.45, 7) is 0. The van der Waals surface area contributed by atoms with Crippen molar-refractivity contribution >= 4 is 5.97 Å². The number of imidazole rings is 1. The second-order valence-electron chi connectivity index (χ2n) is 2.80. The van der Waals surface area contributed by atoms with Crippen LogP contribution in [0, 0.1) is 11.3 Å². The van der Waals surface area contributed by atoms with E-state index in [-0.39, 0.29) is 11.5 Å². The van der Waals surface area contributed by atoms with Crippen LogP contribution in [-0.4, -0.2) is 30.6 Å². The van der Waals surface area contributed by atoms with Gasteiger partial charge in [-0.3, -0.25) is 4.57 Å². The molecule has 78 valence electrons. The fourth-order valence-corrected chi connectivity index (χ4v) is 1.13. The highest BCUT2D eigenvalue weighted by atomic mass is 16.4. The van der Waals surface area contributed by atoms with Crippen molar-refractivity contribution in [2.75, 3.05) is 0 Å². The van der Waals surface area contributed by atoms with Crippen molar-refractivity contribution in [2.45, 2.75) is 0 Å². The molecule has 1 N–H and O–H groups in total. The van der Waals surface area contributed by atoms with Crippen LogP contribution in [0.2, 0.25) is 0 Å². The number of aromatic carboxylic acids is 1. The van der Waals surface area contributed by atoms with Gasteiger partial charge in [0.1, 0.15) is 6.07 Å². The van der Waals surface area contributed by atoms with E-state index >= 15 is 0 Å². The zero-order chi connectivity index (χ0) is 11.5. The third-order valence-corrected chi connectivity index (χ3v) is 1.84. The fraction of sp³-hybridized carbons (Fsp3) is 0. The third kappa shape index (κ3) is 1.59. The monoisotopic (exact) mass is 215 g/mol. The Hall–Kier alpha value is -2.75. The van der Waals surface area contributed by atoms with E-state index < -0.39 is 5.97 Å². The van der Waals surface area contributed by atoms with Crippen LogP contribution in [0.4, 0.5) is 0 Å². The Morgan fingerprint density at radius 3 is 2.75 bits per heavy atom. The van der Waals surface area contributed by atoms with Gasteiger partial charge in [0.15, 0.2) is 11.5 Å². The average molecular weight is 215 g/mol. The van der Waals surface area contributed by atoms with Crippen molar-refractivity contribution in [3.63, 3.8) is 0 Å². The minimum Gasteiger partial charge on any atom is -0.476 e. The van der Waals surface area contributed by atoms with E-state index in [0.717, 1.165) is 6.20 Å². The van der Waals surface area contributed by atoms with E-state index in [1.165, 1.54) is 17.0 Å². The van der Waals surface area contributed by atoms with Crippen molar-refractivity contribution in [1.29, 1.82) is 5.26 Å². The molecule has 2 rings (SSSR count). The first-order chi connectivity index (χ1) is 7.72. The van der Waals surface area contributed by atoms with E-state index in [4.69, 9.17) is 10.4 Å². The molecule has 2 aromatic rings. The van der Waals surface area contributed by atoms with E-state index in [1.54, 1.807) is 6.20 Å². The molecular formula is C9H5N5O2. The highest BCUT2D eigenvalue weighted by molar-refractivity contribution is 5.84. The lowest BCUT2D eigenvalue weighted by Crippen LogP contribution is -2.05. The SMILES string of the molecule is N#Cc1nccn1-c1cnc(C(=O)O)cn1. The Labute approximate surface area is 89.6 Å². The van der Waals surface area contributed by atoms with Gasteiger partial charge >= 0.3 is 5.97 Å². The molecule has 7 nitrogen and oxygen atoms in total. The number of aromatic nitrogens is 4. The predicted octanol–water partition coefficient (Wildman–Crippen LogP) is 0.232. The summed E-state index contributed by atoms with van der Waals surface area (Å²) in [5, 5.41) is 17.4. The van der Waals surface area contributed by atoms with Gasteiger partial charge in [-0.05, 0) is 0 Å². The molecule has 0 atom stereocenters. The van der Waals surface area contributed by atoms with Crippen LogP contribution in [0.5, 0.6) is 0 Å². The quantitative estimate of drug-likeness (QED) is 0.768. The molecule has 16 heavy (non-hydrogen) atoms. The lowest BCUT2D eigenvalue weighted by molar-refractivity contribution is 0.0690. The van der Waals surface area contributed by atoms with Crippen LogP contribution in [-0.2, 0) is 0 Å². The van der Waals surface area contributed by atoms with Gasteiger partial charge < -0.3 is 5.11 Å². The first-order valence-corrected chi connectivity index (χ1v) is 4.21. The molecule has 0 bridgehead atoms. The lowest BCUT2D eigenvalue weighted by Gasteiger charge is -2.01. The summed E-state index contributed by atoms with van der Waals surface area (Å²) in [4.78, 5) is 21.9. The number of rotatable bonds is 2. The summed E-state index contributed by atoms with van der Waals surface area (Å²) >= 11 is 0. The minimum absolute atomic E-state index is 0.151. The van der Waals surface area contributed by atoms with Crippen molar-refractivity contribution in [3.8, 4) is 11.9 Å². The molecule has 0 aliphatic carbocycles. The molecular weight excluding hydrogens is 210 g/mol. The molecule has 0 saturated heterocycles. The van der Waals surface area contributed by atoms with E-state index in [9.17, 15) is 4.79 Å². The molecule has 2 heterocycles. The number of hydrogen-bond acceptors (Lipinski definition) is 5. The molecule has 0 saturated carbocycles. The minimum atomic E-state index is -1.15. The molecule has 0 radical (unpaired) electrons. The number of hydrogen-bond donors (Lipinski definition) is 1. The van der Waals surface area contributed by atoms with Crippen LogP contribution < -0.4 is 0 Å². The molecule has 0 aliphatic rings. The standard InChI is InChI=1S/C9H5N5O2/c10-3-7-11-1-2-14(7)8-5-12-6(4-13-8)9(15)16/h1-2,4-5H,(H,15,16). The summed E-state index contributed by atoms with van der Waals surface area (Å²) in [6.07, 6.45) is 5.39. The van der Waals surface area contributed by atoms with Crippen LogP contribution >= 0.6 is 0 Å². The third-order valence-electron chi connectivity index (χ3n) is 1.84. The molecule has 2 aromatic heterocycles.